The monoisotopic (exact) mass is 331 g/mol. The molecular weight excluding hydrogens is 322 g/mol. The van der Waals surface area contributed by atoms with Gasteiger partial charge < -0.3 is 9.26 Å². The highest BCUT2D eigenvalue weighted by molar-refractivity contribution is 9.10. The van der Waals surface area contributed by atoms with E-state index >= 15 is 0 Å². The second-order valence-corrected chi connectivity index (χ2v) is 5.13. The second-order valence-electron chi connectivity index (χ2n) is 4.21. The second kappa shape index (κ2) is 5.09. The molecule has 2 aromatic carbocycles. The van der Waals surface area contributed by atoms with Gasteiger partial charge in [0.2, 0.25) is 0 Å². The van der Waals surface area contributed by atoms with Gasteiger partial charge >= 0.3 is 5.97 Å². The standard InChI is InChI=1S/C15H10BrNO3/c1-19-15(18)11-5-3-2-4-10(11)14-12-8-9(16)6-7-13(12)17-20-14/h2-8H,1H3. The molecule has 20 heavy (non-hydrogen) atoms. The van der Waals surface area contributed by atoms with Crippen molar-refractivity contribution in [3.8, 4) is 11.3 Å². The first-order valence-electron chi connectivity index (χ1n) is 5.93. The van der Waals surface area contributed by atoms with Gasteiger partial charge in [-0.1, -0.05) is 39.3 Å². The molecule has 0 amide bonds. The van der Waals surface area contributed by atoms with Crippen molar-refractivity contribution < 1.29 is 14.1 Å². The van der Waals surface area contributed by atoms with Crippen LogP contribution in [0.4, 0.5) is 0 Å². The van der Waals surface area contributed by atoms with Gasteiger partial charge in [0.15, 0.2) is 5.76 Å². The lowest BCUT2D eigenvalue weighted by molar-refractivity contribution is 0.0601. The van der Waals surface area contributed by atoms with E-state index in [2.05, 4.69) is 21.1 Å². The summed E-state index contributed by atoms with van der Waals surface area (Å²) in [7, 11) is 1.36. The Balaban J connectivity index is 2.26. The summed E-state index contributed by atoms with van der Waals surface area (Å²) in [6.45, 7) is 0. The Morgan fingerprint density at radius 2 is 2.05 bits per heavy atom. The van der Waals surface area contributed by atoms with E-state index in [1.807, 2.05) is 30.3 Å². The number of carbonyl (C=O) groups excluding carboxylic acids is 1. The number of nitrogens with zero attached hydrogens (tertiary/aromatic N) is 1. The molecule has 4 nitrogen and oxygen atoms in total. The van der Waals surface area contributed by atoms with E-state index in [1.54, 1.807) is 12.1 Å². The summed E-state index contributed by atoms with van der Waals surface area (Å²) in [4.78, 5) is 11.8. The molecule has 0 atom stereocenters. The number of ether oxygens (including phenoxy) is 1. The first-order valence-corrected chi connectivity index (χ1v) is 6.72. The number of aromatic nitrogens is 1. The predicted molar refractivity (Wildman–Crippen MR) is 78.5 cm³/mol. The van der Waals surface area contributed by atoms with E-state index in [0.717, 1.165) is 15.4 Å². The molecule has 100 valence electrons. The number of esters is 1. The van der Waals surface area contributed by atoms with Crippen LogP contribution in [-0.2, 0) is 4.74 Å². The number of benzene rings is 2. The maximum absolute atomic E-state index is 11.8. The smallest absolute Gasteiger partial charge is 0.338 e. The van der Waals surface area contributed by atoms with Crippen LogP contribution in [0.2, 0.25) is 0 Å². The highest BCUT2D eigenvalue weighted by atomic mass is 79.9. The number of hydrogen-bond acceptors (Lipinski definition) is 4. The Labute approximate surface area is 123 Å². The van der Waals surface area contributed by atoms with Gasteiger partial charge in [0.1, 0.15) is 5.52 Å². The van der Waals surface area contributed by atoms with Crippen LogP contribution in [0.1, 0.15) is 10.4 Å². The summed E-state index contributed by atoms with van der Waals surface area (Å²) >= 11 is 3.42. The average molecular weight is 332 g/mol. The van der Waals surface area contributed by atoms with Gasteiger partial charge in [-0.3, -0.25) is 0 Å². The third kappa shape index (κ3) is 2.10. The molecule has 0 aliphatic rings. The van der Waals surface area contributed by atoms with Crippen molar-refractivity contribution in [2.75, 3.05) is 7.11 Å². The fraction of sp³-hybridized carbons (Fsp3) is 0.0667. The van der Waals surface area contributed by atoms with Crippen molar-refractivity contribution >= 4 is 32.8 Å². The fourth-order valence-electron chi connectivity index (χ4n) is 2.08. The molecular formula is C15H10BrNO3. The van der Waals surface area contributed by atoms with Crippen molar-refractivity contribution in [2.45, 2.75) is 0 Å². The Morgan fingerprint density at radius 1 is 1.25 bits per heavy atom. The average Bonchev–Trinajstić information content (AvgIpc) is 2.89. The largest absolute Gasteiger partial charge is 0.465 e. The minimum Gasteiger partial charge on any atom is -0.465 e. The zero-order valence-corrected chi connectivity index (χ0v) is 12.2. The van der Waals surface area contributed by atoms with Gasteiger partial charge in [0, 0.05) is 10.0 Å². The molecule has 1 heterocycles. The van der Waals surface area contributed by atoms with Crippen LogP contribution in [0.5, 0.6) is 0 Å². The van der Waals surface area contributed by atoms with Crippen LogP contribution < -0.4 is 0 Å². The minimum atomic E-state index is -0.403. The Bertz CT molecular complexity index is 795. The number of hydrogen-bond donors (Lipinski definition) is 0. The molecule has 1 aromatic heterocycles. The van der Waals surface area contributed by atoms with E-state index in [9.17, 15) is 4.79 Å². The van der Waals surface area contributed by atoms with Crippen LogP contribution in [0.3, 0.4) is 0 Å². The summed E-state index contributed by atoms with van der Waals surface area (Å²) in [6, 6.07) is 12.8. The maximum atomic E-state index is 11.8. The highest BCUT2D eigenvalue weighted by Crippen LogP contribution is 2.32. The van der Waals surface area contributed by atoms with Crippen molar-refractivity contribution in [3.05, 3.63) is 52.5 Å². The normalized spacial score (nSPS) is 10.7. The number of halogens is 1. The number of rotatable bonds is 2. The van der Waals surface area contributed by atoms with Crippen LogP contribution in [0, 0.1) is 0 Å². The van der Waals surface area contributed by atoms with Gasteiger partial charge in [-0.05, 0) is 24.3 Å². The zero-order chi connectivity index (χ0) is 14.1. The van der Waals surface area contributed by atoms with Crippen LogP contribution in [0.25, 0.3) is 22.2 Å². The molecule has 0 spiro atoms. The molecule has 0 fully saturated rings. The lowest BCUT2D eigenvalue weighted by Gasteiger charge is -2.04. The number of fused-ring (bicyclic) bond motifs is 1. The predicted octanol–water partition coefficient (Wildman–Crippen LogP) is 4.04. The Morgan fingerprint density at radius 3 is 2.85 bits per heavy atom. The molecule has 0 saturated heterocycles. The molecule has 0 radical (unpaired) electrons. The van der Waals surface area contributed by atoms with E-state index in [-0.39, 0.29) is 0 Å². The van der Waals surface area contributed by atoms with Crippen LogP contribution in [-0.4, -0.2) is 18.2 Å². The van der Waals surface area contributed by atoms with Crippen molar-refractivity contribution in [2.24, 2.45) is 0 Å². The summed E-state index contributed by atoms with van der Waals surface area (Å²) in [5, 5.41) is 4.86. The SMILES string of the molecule is COC(=O)c1ccccc1-c1onc2ccc(Br)cc12. The zero-order valence-electron chi connectivity index (χ0n) is 10.6. The van der Waals surface area contributed by atoms with E-state index in [1.165, 1.54) is 7.11 Å². The third-order valence-electron chi connectivity index (χ3n) is 3.02. The summed E-state index contributed by atoms with van der Waals surface area (Å²) < 4.78 is 11.1. The number of methoxy groups -OCH3 is 1. The maximum Gasteiger partial charge on any atom is 0.338 e. The topological polar surface area (TPSA) is 52.3 Å². The Kier molecular flexibility index (Phi) is 3.28. The van der Waals surface area contributed by atoms with Crippen molar-refractivity contribution in [1.29, 1.82) is 0 Å². The van der Waals surface area contributed by atoms with E-state index in [4.69, 9.17) is 9.26 Å². The van der Waals surface area contributed by atoms with Gasteiger partial charge in [-0.25, -0.2) is 4.79 Å². The minimum absolute atomic E-state index is 0.403. The molecule has 0 saturated carbocycles. The van der Waals surface area contributed by atoms with Crippen LogP contribution in [0.15, 0.2) is 51.5 Å². The molecule has 0 aliphatic carbocycles. The molecule has 0 unspecified atom stereocenters. The van der Waals surface area contributed by atoms with E-state index < -0.39 is 5.97 Å². The molecule has 0 N–H and O–H groups in total. The van der Waals surface area contributed by atoms with E-state index in [0.29, 0.717) is 16.9 Å². The van der Waals surface area contributed by atoms with Crippen molar-refractivity contribution in [1.82, 2.24) is 5.16 Å². The van der Waals surface area contributed by atoms with Gasteiger partial charge in [0.05, 0.1) is 18.1 Å². The van der Waals surface area contributed by atoms with Gasteiger partial charge in [0.25, 0.3) is 0 Å². The van der Waals surface area contributed by atoms with Gasteiger partial charge in [-0.2, -0.15) is 0 Å². The van der Waals surface area contributed by atoms with Gasteiger partial charge in [-0.15, -0.1) is 0 Å². The molecule has 5 heteroatoms. The first-order chi connectivity index (χ1) is 9.70. The first kappa shape index (κ1) is 12.9. The Hall–Kier alpha value is -2.14. The summed E-state index contributed by atoms with van der Waals surface area (Å²) in [6.07, 6.45) is 0. The molecule has 0 bridgehead atoms. The highest BCUT2D eigenvalue weighted by Gasteiger charge is 2.18. The molecule has 0 aliphatic heterocycles. The summed E-state index contributed by atoms with van der Waals surface area (Å²) in [5.41, 5.74) is 1.86. The quantitative estimate of drug-likeness (QED) is 0.665. The molecule has 3 aromatic rings. The lowest BCUT2D eigenvalue weighted by Crippen LogP contribution is -2.02. The lowest BCUT2D eigenvalue weighted by atomic mass is 10.0. The van der Waals surface area contributed by atoms with Crippen LogP contribution >= 0.6 is 15.9 Å². The number of carbonyl (C=O) groups is 1. The summed E-state index contributed by atoms with van der Waals surface area (Å²) in [5.74, 6) is 0.155. The van der Waals surface area contributed by atoms with Crippen molar-refractivity contribution in [3.63, 3.8) is 0 Å². The third-order valence-corrected chi connectivity index (χ3v) is 3.51. The fourth-order valence-corrected chi connectivity index (χ4v) is 2.44. The molecule has 3 rings (SSSR count).